The van der Waals surface area contributed by atoms with Crippen LogP contribution in [0, 0.1) is 11.3 Å². The Morgan fingerprint density at radius 1 is 1.33 bits per heavy atom. The average molecular weight is 299 g/mol. The number of unbranched alkanes of at least 4 members (excludes halogenated alkanes) is 1. The van der Waals surface area contributed by atoms with Crippen LogP contribution >= 0.6 is 0 Å². The molecule has 0 amide bonds. The molecular formula is C16H29NO4. The zero-order valence-corrected chi connectivity index (χ0v) is 13.6. The van der Waals surface area contributed by atoms with Gasteiger partial charge in [-0.3, -0.25) is 4.79 Å². The molecule has 1 heterocycles. The van der Waals surface area contributed by atoms with E-state index < -0.39 is 6.10 Å². The van der Waals surface area contributed by atoms with E-state index in [9.17, 15) is 4.79 Å². The molecule has 0 aromatic carbocycles. The van der Waals surface area contributed by atoms with Gasteiger partial charge in [-0.15, -0.1) is 0 Å². The molecule has 0 saturated carbocycles. The highest BCUT2D eigenvalue weighted by Crippen LogP contribution is 2.18. The number of carbonyl (C=O) groups excluding carboxylic acids is 1. The fourth-order valence-corrected chi connectivity index (χ4v) is 1.71. The van der Waals surface area contributed by atoms with Crippen LogP contribution < -0.4 is 0 Å². The Morgan fingerprint density at radius 2 is 2.05 bits per heavy atom. The normalized spacial score (nSPS) is 18.9. The summed E-state index contributed by atoms with van der Waals surface area (Å²) in [6.07, 6.45) is 5.15. The summed E-state index contributed by atoms with van der Waals surface area (Å²) in [5.74, 6) is -0.330. The van der Waals surface area contributed by atoms with Gasteiger partial charge in [0.25, 0.3) is 0 Å². The molecule has 0 aromatic rings. The molecule has 0 aliphatic carbocycles. The molecule has 5 nitrogen and oxygen atoms in total. The lowest BCUT2D eigenvalue weighted by molar-refractivity contribution is -0.191. The largest absolute Gasteiger partial charge is 0.466 e. The maximum atomic E-state index is 11.3. The van der Waals surface area contributed by atoms with E-state index in [1.54, 1.807) is 6.92 Å². The minimum absolute atomic E-state index is 0.112. The molecule has 2 unspecified atom stereocenters. The van der Waals surface area contributed by atoms with E-state index in [0.717, 1.165) is 19.3 Å². The molecule has 5 heteroatoms. The maximum absolute atomic E-state index is 11.3. The van der Waals surface area contributed by atoms with Crippen molar-refractivity contribution in [1.29, 1.82) is 5.26 Å². The molecule has 0 radical (unpaired) electrons. The van der Waals surface area contributed by atoms with Crippen LogP contribution in [0.15, 0.2) is 0 Å². The van der Waals surface area contributed by atoms with Gasteiger partial charge < -0.3 is 14.2 Å². The van der Waals surface area contributed by atoms with Crippen molar-refractivity contribution in [2.24, 2.45) is 0 Å². The average Bonchev–Trinajstić information content (AvgIpc) is 2.49. The van der Waals surface area contributed by atoms with Crippen molar-refractivity contribution in [1.82, 2.24) is 0 Å². The molecule has 21 heavy (non-hydrogen) atoms. The van der Waals surface area contributed by atoms with Crippen molar-refractivity contribution >= 4 is 5.97 Å². The first-order valence-electron chi connectivity index (χ1n) is 7.97. The van der Waals surface area contributed by atoms with Gasteiger partial charge in [-0.05, 0) is 26.2 Å². The Bertz CT molecular complexity index is 293. The zero-order valence-electron chi connectivity index (χ0n) is 13.6. The van der Waals surface area contributed by atoms with Crippen LogP contribution in [0.4, 0.5) is 0 Å². The highest BCUT2D eigenvalue weighted by atomic mass is 16.7. The van der Waals surface area contributed by atoms with Gasteiger partial charge in [-0.2, -0.15) is 5.26 Å². The minimum atomic E-state index is -0.429. The summed E-state index contributed by atoms with van der Waals surface area (Å²) in [6, 6.07) is 2.02. The lowest BCUT2D eigenvalue weighted by Gasteiger charge is -2.26. The van der Waals surface area contributed by atoms with Gasteiger partial charge >= 0.3 is 5.97 Å². The second kappa shape index (κ2) is 13.8. The maximum Gasteiger partial charge on any atom is 0.308 e. The Labute approximate surface area is 128 Å². The summed E-state index contributed by atoms with van der Waals surface area (Å²) in [5, 5.41) is 8.69. The van der Waals surface area contributed by atoms with Crippen LogP contribution in [0.3, 0.4) is 0 Å². The van der Waals surface area contributed by atoms with Crippen LogP contribution in [-0.4, -0.2) is 31.6 Å². The molecule has 0 aromatic heterocycles. The molecule has 1 fully saturated rings. The summed E-state index contributed by atoms with van der Waals surface area (Å²) < 4.78 is 15.9. The quantitative estimate of drug-likeness (QED) is 0.672. The van der Waals surface area contributed by atoms with Crippen molar-refractivity contribution in [3.05, 3.63) is 0 Å². The minimum Gasteiger partial charge on any atom is -0.466 e. The first kappa shape index (κ1) is 19.9. The molecule has 0 spiro atoms. The summed E-state index contributed by atoms with van der Waals surface area (Å²) >= 11 is 0. The van der Waals surface area contributed by atoms with E-state index in [0.29, 0.717) is 13.2 Å². The zero-order chi connectivity index (χ0) is 15.9. The lowest BCUT2D eigenvalue weighted by Crippen LogP contribution is -2.29. The monoisotopic (exact) mass is 299 g/mol. The number of ether oxygens (including phenoxy) is 3. The SMILES string of the molecule is CCCC.CCOC(=O)CC(CC#N)OC1CCCCO1. The molecule has 122 valence electrons. The van der Waals surface area contributed by atoms with Gasteiger partial charge in [0.05, 0.1) is 31.6 Å². The predicted molar refractivity (Wildman–Crippen MR) is 80.5 cm³/mol. The first-order valence-corrected chi connectivity index (χ1v) is 7.97. The van der Waals surface area contributed by atoms with Gasteiger partial charge in [-0.25, -0.2) is 0 Å². The van der Waals surface area contributed by atoms with Crippen molar-refractivity contribution < 1.29 is 19.0 Å². The topological polar surface area (TPSA) is 68.6 Å². The van der Waals surface area contributed by atoms with Gasteiger partial charge in [0.2, 0.25) is 0 Å². The number of hydrogen-bond donors (Lipinski definition) is 0. The summed E-state index contributed by atoms with van der Waals surface area (Å²) in [5.41, 5.74) is 0. The Morgan fingerprint density at radius 3 is 2.52 bits per heavy atom. The third-order valence-electron chi connectivity index (χ3n) is 3.00. The third kappa shape index (κ3) is 11.2. The predicted octanol–water partition coefficient (Wildman–Crippen LogP) is 3.57. The number of rotatable bonds is 7. The second-order valence-electron chi connectivity index (χ2n) is 4.93. The molecule has 2 atom stereocenters. The second-order valence-corrected chi connectivity index (χ2v) is 4.93. The van der Waals surface area contributed by atoms with E-state index in [1.165, 1.54) is 12.8 Å². The van der Waals surface area contributed by atoms with Crippen molar-refractivity contribution in [2.75, 3.05) is 13.2 Å². The van der Waals surface area contributed by atoms with Gasteiger partial charge in [0.1, 0.15) is 0 Å². The fourth-order valence-electron chi connectivity index (χ4n) is 1.71. The molecule has 0 N–H and O–H groups in total. The molecule has 0 bridgehead atoms. The lowest BCUT2D eigenvalue weighted by atomic mass is 10.1. The molecule has 1 aliphatic heterocycles. The van der Waals surface area contributed by atoms with E-state index >= 15 is 0 Å². The Balaban J connectivity index is 0.000000885. The van der Waals surface area contributed by atoms with E-state index in [-0.39, 0.29) is 25.1 Å². The van der Waals surface area contributed by atoms with E-state index in [2.05, 4.69) is 13.8 Å². The highest BCUT2D eigenvalue weighted by Gasteiger charge is 2.22. The third-order valence-corrected chi connectivity index (χ3v) is 3.00. The summed E-state index contributed by atoms with van der Waals surface area (Å²) in [7, 11) is 0. The molecular weight excluding hydrogens is 270 g/mol. The number of esters is 1. The van der Waals surface area contributed by atoms with Crippen molar-refractivity contribution in [3.8, 4) is 6.07 Å². The summed E-state index contributed by atoms with van der Waals surface area (Å²) in [4.78, 5) is 11.3. The number of hydrogen-bond acceptors (Lipinski definition) is 5. The van der Waals surface area contributed by atoms with Crippen molar-refractivity contribution in [2.45, 2.75) is 78.1 Å². The Hall–Kier alpha value is -1.12. The van der Waals surface area contributed by atoms with Crippen LogP contribution in [0.25, 0.3) is 0 Å². The van der Waals surface area contributed by atoms with Gasteiger partial charge in [0, 0.05) is 6.61 Å². The standard InChI is InChI=1S/C12H19NO4.C4H10/c1-2-15-11(14)9-10(6-7-13)17-12-5-3-4-8-16-12;1-3-4-2/h10,12H,2-6,8-9H2,1H3;3-4H2,1-2H3. The van der Waals surface area contributed by atoms with Gasteiger partial charge in [-0.1, -0.05) is 26.7 Å². The smallest absolute Gasteiger partial charge is 0.308 e. The first-order chi connectivity index (χ1) is 10.2. The number of nitriles is 1. The summed E-state index contributed by atoms with van der Waals surface area (Å²) in [6.45, 7) is 7.14. The number of nitrogens with zero attached hydrogens (tertiary/aromatic N) is 1. The van der Waals surface area contributed by atoms with E-state index in [1.807, 2.05) is 6.07 Å². The number of carbonyl (C=O) groups is 1. The Kier molecular flexibility index (Phi) is 13.1. The van der Waals surface area contributed by atoms with Gasteiger partial charge in [0.15, 0.2) is 6.29 Å². The van der Waals surface area contributed by atoms with Crippen LogP contribution in [0.5, 0.6) is 0 Å². The highest BCUT2D eigenvalue weighted by molar-refractivity contribution is 5.69. The van der Waals surface area contributed by atoms with Crippen molar-refractivity contribution in [3.63, 3.8) is 0 Å². The van der Waals surface area contributed by atoms with Crippen LogP contribution in [0.2, 0.25) is 0 Å². The van der Waals surface area contributed by atoms with Crippen LogP contribution in [0.1, 0.15) is 65.7 Å². The molecule has 1 aliphatic rings. The fraction of sp³-hybridized carbons (Fsp3) is 0.875. The van der Waals surface area contributed by atoms with E-state index in [4.69, 9.17) is 19.5 Å². The molecule has 1 rings (SSSR count). The molecule has 1 saturated heterocycles. The van der Waals surface area contributed by atoms with Crippen LogP contribution in [-0.2, 0) is 19.0 Å².